The number of carbonyl (C=O) groups is 2. The van der Waals surface area contributed by atoms with Gasteiger partial charge in [-0.2, -0.15) is 0 Å². The standard InChI is InChI=1S/C22H31F2N3O5S/c1-22(2,3)32-21(29)26-10-7-14(8-11-26)27-9-5-6-18(20(27)28)25-19-16(23)12-15(13-17(19)24)33(4,30)31/h12-14,18,25H,5-11H2,1-4H3. The van der Waals surface area contributed by atoms with Gasteiger partial charge in [0.15, 0.2) is 21.5 Å². The number of amides is 2. The van der Waals surface area contributed by atoms with Crippen LogP contribution in [0.1, 0.15) is 46.5 Å². The number of rotatable bonds is 4. The summed E-state index contributed by atoms with van der Waals surface area (Å²) in [6.07, 6.45) is 2.71. The first-order chi connectivity index (χ1) is 15.3. The summed E-state index contributed by atoms with van der Waals surface area (Å²) in [5.41, 5.74) is -1.10. The van der Waals surface area contributed by atoms with E-state index in [9.17, 15) is 26.8 Å². The molecule has 0 saturated carbocycles. The Labute approximate surface area is 193 Å². The van der Waals surface area contributed by atoms with E-state index in [4.69, 9.17) is 4.74 Å². The molecule has 11 heteroatoms. The van der Waals surface area contributed by atoms with Crippen molar-refractivity contribution in [3.63, 3.8) is 0 Å². The van der Waals surface area contributed by atoms with Gasteiger partial charge in [0.1, 0.15) is 17.3 Å². The molecule has 0 aliphatic carbocycles. The van der Waals surface area contributed by atoms with Crippen molar-refractivity contribution in [2.75, 3.05) is 31.2 Å². The predicted molar refractivity (Wildman–Crippen MR) is 119 cm³/mol. The number of piperidine rings is 2. The van der Waals surface area contributed by atoms with Crippen LogP contribution in [0.25, 0.3) is 0 Å². The molecule has 0 aromatic heterocycles. The van der Waals surface area contributed by atoms with Crippen LogP contribution in [-0.4, -0.2) is 73.8 Å². The molecule has 2 heterocycles. The number of nitrogens with one attached hydrogen (secondary N) is 1. The molecule has 2 fully saturated rings. The zero-order valence-electron chi connectivity index (χ0n) is 19.4. The number of benzene rings is 1. The average molecular weight is 488 g/mol. The van der Waals surface area contributed by atoms with Gasteiger partial charge in [-0.1, -0.05) is 0 Å². The molecule has 0 bridgehead atoms. The minimum Gasteiger partial charge on any atom is -0.444 e. The Kier molecular flexibility index (Phi) is 7.21. The normalized spacial score (nSPS) is 20.7. The van der Waals surface area contributed by atoms with Gasteiger partial charge in [0, 0.05) is 31.9 Å². The molecule has 1 aromatic carbocycles. The summed E-state index contributed by atoms with van der Waals surface area (Å²) in [4.78, 5) is 28.2. The number of hydrogen-bond donors (Lipinski definition) is 1. The second-order valence-electron chi connectivity index (χ2n) is 9.60. The van der Waals surface area contributed by atoms with Gasteiger partial charge in [-0.3, -0.25) is 4.79 Å². The van der Waals surface area contributed by atoms with Crippen molar-refractivity contribution in [1.29, 1.82) is 0 Å². The molecule has 3 rings (SSSR count). The Bertz CT molecular complexity index is 994. The number of ether oxygens (including phenoxy) is 1. The number of sulfone groups is 1. The van der Waals surface area contributed by atoms with E-state index in [-0.39, 0.29) is 18.0 Å². The van der Waals surface area contributed by atoms with E-state index < -0.39 is 43.7 Å². The third-order valence-corrected chi connectivity index (χ3v) is 6.88. The molecule has 2 aliphatic rings. The molecule has 2 aliphatic heterocycles. The van der Waals surface area contributed by atoms with E-state index in [1.165, 1.54) is 0 Å². The number of hydrogen-bond acceptors (Lipinski definition) is 6. The highest BCUT2D eigenvalue weighted by atomic mass is 32.2. The van der Waals surface area contributed by atoms with E-state index in [2.05, 4.69) is 5.32 Å². The van der Waals surface area contributed by atoms with Gasteiger partial charge in [0.2, 0.25) is 5.91 Å². The molecule has 0 radical (unpaired) electrons. The lowest BCUT2D eigenvalue weighted by Crippen LogP contribution is -2.55. The molecule has 184 valence electrons. The van der Waals surface area contributed by atoms with Crippen molar-refractivity contribution in [3.05, 3.63) is 23.8 Å². The predicted octanol–water partition coefficient (Wildman–Crippen LogP) is 3.17. The summed E-state index contributed by atoms with van der Waals surface area (Å²) >= 11 is 0. The lowest BCUT2D eigenvalue weighted by Gasteiger charge is -2.42. The molecule has 0 spiro atoms. The van der Waals surface area contributed by atoms with E-state index in [0.29, 0.717) is 45.3 Å². The Morgan fingerprint density at radius 2 is 1.67 bits per heavy atom. The highest BCUT2D eigenvalue weighted by molar-refractivity contribution is 7.90. The molecule has 33 heavy (non-hydrogen) atoms. The van der Waals surface area contributed by atoms with Crippen LogP contribution in [0.5, 0.6) is 0 Å². The van der Waals surface area contributed by atoms with Gasteiger partial charge >= 0.3 is 6.09 Å². The van der Waals surface area contributed by atoms with Crippen LogP contribution in [0, 0.1) is 11.6 Å². The second kappa shape index (κ2) is 9.44. The van der Waals surface area contributed by atoms with Crippen molar-refractivity contribution in [2.24, 2.45) is 0 Å². The summed E-state index contributed by atoms with van der Waals surface area (Å²) < 4.78 is 57.5. The van der Waals surface area contributed by atoms with Crippen molar-refractivity contribution in [1.82, 2.24) is 9.80 Å². The summed E-state index contributed by atoms with van der Waals surface area (Å²) in [7, 11) is -3.77. The van der Waals surface area contributed by atoms with Crippen LogP contribution in [0.4, 0.5) is 19.3 Å². The molecule has 1 aromatic rings. The smallest absolute Gasteiger partial charge is 0.410 e. The summed E-state index contributed by atoms with van der Waals surface area (Å²) in [6, 6.07) is 0.593. The maximum Gasteiger partial charge on any atom is 0.410 e. The number of halogens is 2. The number of anilines is 1. The lowest BCUT2D eigenvalue weighted by molar-refractivity contribution is -0.137. The lowest BCUT2D eigenvalue weighted by atomic mass is 9.97. The Morgan fingerprint density at radius 1 is 1.09 bits per heavy atom. The third kappa shape index (κ3) is 6.13. The first-order valence-corrected chi connectivity index (χ1v) is 12.9. The first kappa shape index (κ1) is 25.2. The third-order valence-electron chi connectivity index (χ3n) is 5.79. The molecular weight excluding hydrogens is 456 g/mol. The second-order valence-corrected chi connectivity index (χ2v) is 11.6. The maximum atomic E-state index is 14.5. The number of carbonyl (C=O) groups excluding carboxylic acids is 2. The van der Waals surface area contributed by atoms with Crippen LogP contribution in [-0.2, 0) is 19.4 Å². The van der Waals surface area contributed by atoms with E-state index >= 15 is 0 Å². The molecule has 1 unspecified atom stereocenters. The Hall–Kier alpha value is -2.43. The van der Waals surface area contributed by atoms with Crippen LogP contribution in [0.2, 0.25) is 0 Å². The minimum atomic E-state index is -3.77. The molecule has 2 saturated heterocycles. The fourth-order valence-electron chi connectivity index (χ4n) is 4.16. The van der Waals surface area contributed by atoms with E-state index in [1.807, 2.05) is 0 Å². The van der Waals surface area contributed by atoms with Gasteiger partial charge in [-0.25, -0.2) is 22.0 Å². The Balaban J connectivity index is 1.65. The van der Waals surface area contributed by atoms with Crippen molar-refractivity contribution in [3.8, 4) is 0 Å². The van der Waals surface area contributed by atoms with Crippen LogP contribution < -0.4 is 5.32 Å². The van der Waals surface area contributed by atoms with Crippen LogP contribution in [0.3, 0.4) is 0 Å². The minimum absolute atomic E-state index is 0.0805. The highest BCUT2D eigenvalue weighted by Crippen LogP contribution is 2.28. The highest BCUT2D eigenvalue weighted by Gasteiger charge is 2.37. The summed E-state index contributed by atoms with van der Waals surface area (Å²) in [6.45, 7) is 6.86. The Morgan fingerprint density at radius 3 is 2.18 bits per heavy atom. The van der Waals surface area contributed by atoms with Gasteiger partial charge < -0.3 is 19.9 Å². The maximum absolute atomic E-state index is 14.5. The van der Waals surface area contributed by atoms with Gasteiger partial charge in [-0.15, -0.1) is 0 Å². The SMILES string of the molecule is CC(C)(C)OC(=O)N1CCC(N2CCCC(Nc3c(F)cc(S(C)(=O)=O)cc3F)C2=O)CC1. The zero-order chi connectivity index (χ0) is 24.6. The van der Waals surface area contributed by atoms with E-state index in [1.54, 1.807) is 30.6 Å². The molecule has 8 nitrogen and oxygen atoms in total. The first-order valence-electron chi connectivity index (χ1n) is 11.0. The van der Waals surface area contributed by atoms with E-state index in [0.717, 1.165) is 18.4 Å². The fourth-order valence-corrected chi connectivity index (χ4v) is 4.79. The fraction of sp³-hybridized carbons (Fsp3) is 0.636. The van der Waals surface area contributed by atoms with Crippen LogP contribution >= 0.6 is 0 Å². The van der Waals surface area contributed by atoms with Gasteiger partial charge in [0.05, 0.1) is 4.90 Å². The van der Waals surface area contributed by atoms with Crippen LogP contribution in [0.15, 0.2) is 17.0 Å². The quantitative estimate of drug-likeness (QED) is 0.701. The summed E-state index contributed by atoms with van der Waals surface area (Å²) in [5, 5.41) is 2.65. The molecule has 1 N–H and O–H groups in total. The van der Waals surface area contributed by atoms with Crippen molar-refractivity contribution < 1.29 is 31.5 Å². The monoisotopic (exact) mass is 487 g/mol. The topological polar surface area (TPSA) is 96.0 Å². The van der Waals surface area contributed by atoms with Crippen molar-refractivity contribution >= 4 is 27.5 Å². The molecular formula is C22H31F2N3O5S. The van der Waals surface area contributed by atoms with Gasteiger partial charge in [-0.05, 0) is 58.6 Å². The summed E-state index contributed by atoms with van der Waals surface area (Å²) in [5.74, 6) is -2.39. The molecule has 1 atom stereocenters. The van der Waals surface area contributed by atoms with Gasteiger partial charge in [0.25, 0.3) is 0 Å². The zero-order valence-corrected chi connectivity index (χ0v) is 20.2. The number of likely N-dealkylation sites (tertiary alicyclic amines) is 2. The number of nitrogens with zero attached hydrogens (tertiary/aromatic N) is 2. The average Bonchev–Trinajstić information content (AvgIpc) is 2.70. The largest absolute Gasteiger partial charge is 0.444 e. The molecule has 2 amide bonds. The van der Waals surface area contributed by atoms with Crippen molar-refractivity contribution in [2.45, 2.75) is 69.0 Å².